The highest BCUT2D eigenvalue weighted by atomic mass is 16.5. The SMILES string of the molecule is COC1=C(C#N)C(=O)N(c2ccc(C3(C(=O)O)CCC3)cc2)CC1. The van der Waals surface area contributed by atoms with Gasteiger partial charge in [-0.2, -0.15) is 5.26 Å². The van der Waals surface area contributed by atoms with E-state index in [1.54, 1.807) is 24.3 Å². The monoisotopic (exact) mass is 326 g/mol. The number of nitrogens with zero attached hydrogens (tertiary/aromatic N) is 2. The molecule has 6 nitrogen and oxygen atoms in total. The third-order valence-electron chi connectivity index (χ3n) is 5.01. The van der Waals surface area contributed by atoms with Crippen LogP contribution in [0.1, 0.15) is 31.2 Å². The molecule has 24 heavy (non-hydrogen) atoms. The fraction of sp³-hybridized carbons (Fsp3) is 0.389. The number of hydrogen-bond acceptors (Lipinski definition) is 4. The molecule has 0 spiro atoms. The number of ether oxygens (including phenoxy) is 1. The van der Waals surface area contributed by atoms with Gasteiger partial charge in [0.05, 0.1) is 12.5 Å². The van der Waals surface area contributed by atoms with Gasteiger partial charge in [-0.15, -0.1) is 0 Å². The van der Waals surface area contributed by atoms with Gasteiger partial charge in [-0.3, -0.25) is 9.59 Å². The molecule has 1 heterocycles. The Labute approximate surface area is 139 Å². The summed E-state index contributed by atoms with van der Waals surface area (Å²) in [7, 11) is 1.45. The van der Waals surface area contributed by atoms with Crippen LogP contribution >= 0.6 is 0 Å². The summed E-state index contributed by atoms with van der Waals surface area (Å²) in [5, 5.41) is 18.7. The van der Waals surface area contributed by atoms with E-state index in [0.717, 1.165) is 12.0 Å². The van der Waals surface area contributed by atoms with Gasteiger partial charge in [0.25, 0.3) is 5.91 Å². The highest BCUT2D eigenvalue weighted by molar-refractivity contribution is 6.09. The smallest absolute Gasteiger partial charge is 0.314 e. The Morgan fingerprint density at radius 2 is 2.00 bits per heavy atom. The number of methoxy groups -OCH3 is 1. The standard InChI is InChI=1S/C18H18N2O4/c1-24-15-7-10-20(16(21)14(15)11-19)13-5-3-12(4-6-13)18(17(22)23)8-2-9-18/h3-6H,2,7-10H2,1H3,(H,22,23). The third kappa shape index (κ3) is 2.33. The van der Waals surface area contributed by atoms with Crippen molar-refractivity contribution in [2.24, 2.45) is 0 Å². The van der Waals surface area contributed by atoms with Gasteiger partial charge < -0.3 is 14.7 Å². The number of benzene rings is 1. The van der Waals surface area contributed by atoms with Crippen molar-refractivity contribution in [1.29, 1.82) is 5.26 Å². The van der Waals surface area contributed by atoms with E-state index in [4.69, 9.17) is 4.74 Å². The number of carbonyl (C=O) groups excluding carboxylic acids is 1. The van der Waals surface area contributed by atoms with E-state index in [9.17, 15) is 20.0 Å². The first-order chi connectivity index (χ1) is 11.5. The fourth-order valence-corrected chi connectivity index (χ4v) is 3.37. The number of carbonyl (C=O) groups is 2. The van der Waals surface area contributed by atoms with Gasteiger partial charge in [0.2, 0.25) is 0 Å². The highest BCUT2D eigenvalue weighted by Crippen LogP contribution is 2.44. The van der Waals surface area contributed by atoms with Crippen LogP contribution in [-0.4, -0.2) is 30.6 Å². The summed E-state index contributed by atoms with van der Waals surface area (Å²) >= 11 is 0. The Morgan fingerprint density at radius 3 is 2.46 bits per heavy atom. The molecule has 6 heteroatoms. The second-order valence-electron chi connectivity index (χ2n) is 6.11. The molecule has 1 aliphatic carbocycles. The Morgan fingerprint density at radius 1 is 1.33 bits per heavy atom. The van der Waals surface area contributed by atoms with Crippen LogP contribution in [0.15, 0.2) is 35.6 Å². The van der Waals surface area contributed by atoms with Crippen LogP contribution in [0.2, 0.25) is 0 Å². The second kappa shape index (κ2) is 6.00. The van der Waals surface area contributed by atoms with E-state index in [2.05, 4.69) is 0 Å². The van der Waals surface area contributed by atoms with Crippen molar-refractivity contribution in [2.45, 2.75) is 31.1 Å². The number of rotatable bonds is 4. The largest absolute Gasteiger partial charge is 0.499 e. The van der Waals surface area contributed by atoms with Crippen LogP contribution in [0, 0.1) is 11.3 Å². The minimum atomic E-state index is -0.796. The van der Waals surface area contributed by atoms with E-state index in [1.807, 2.05) is 6.07 Å². The Balaban J connectivity index is 1.87. The summed E-state index contributed by atoms with van der Waals surface area (Å²) in [5.74, 6) is -0.769. The maximum absolute atomic E-state index is 12.5. The number of nitriles is 1. The van der Waals surface area contributed by atoms with E-state index in [1.165, 1.54) is 12.0 Å². The van der Waals surface area contributed by atoms with Crippen molar-refractivity contribution in [3.05, 3.63) is 41.2 Å². The summed E-state index contributed by atoms with van der Waals surface area (Å²) in [6.45, 7) is 0.427. The first-order valence-corrected chi connectivity index (χ1v) is 7.86. The third-order valence-corrected chi connectivity index (χ3v) is 5.01. The number of aliphatic carboxylic acids is 1. The zero-order valence-corrected chi connectivity index (χ0v) is 13.4. The van der Waals surface area contributed by atoms with Crippen molar-refractivity contribution in [3.63, 3.8) is 0 Å². The van der Waals surface area contributed by atoms with Gasteiger partial charge in [-0.1, -0.05) is 18.6 Å². The van der Waals surface area contributed by atoms with Crippen LogP contribution in [0.4, 0.5) is 5.69 Å². The summed E-state index contributed by atoms with van der Waals surface area (Å²) in [6.07, 6.45) is 2.67. The van der Waals surface area contributed by atoms with Gasteiger partial charge in [-0.05, 0) is 30.5 Å². The summed E-state index contributed by atoms with van der Waals surface area (Å²) in [4.78, 5) is 25.6. The molecule has 0 unspecified atom stereocenters. The number of amides is 1. The molecule has 1 N–H and O–H groups in total. The predicted octanol–water partition coefficient (Wildman–Crippen LogP) is 2.35. The maximum Gasteiger partial charge on any atom is 0.314 e. The van der Waals surface area contributed by atoms with Crippen molar-refractivity contribution in [2.75, 3.05) is 18.6 Å². The number of hydrogen-bond donors (Lipinski definition) is 1. The summed E-state index contributed by atoms with van der Waals surface area (Å²) in [5.41, 5.74) is 0.661. The van der Waals surface area contributed by atoms with Crippen molar-refractivity contribution >= 4 is 17.6 Å². The summed E-state index contributed by atoms with van der Waals surface area (Å²) in [6, 6.07) is 8.97. The molecule has 1 fully saturated rings. The Kier molecular flexibility index (Phi) is 4.02. The van der Waals surface area contributed by atoms with Crippen LogP contribution < -0.4 is 4.90 Å². The van der Waals surface area contributed by atoms with E-state index in [0.29, 0.717) is 37.3 Å². The lowest BCUT2D eigenvalue weighted by Crippen LogP contribution is -2.42. The molecular weight excluding hydrogens is 308 g/mol. The average Bonchev–Trinajstić information content (AvgIpc) is 2.54. The molecule has 1 aromatic carbocycles. The normalized spacial score (nSPS) is 19.5. The lowest BCUT2D eigenvalue weighted by molar-refractivity contribution is -0.147. The van der Waals surface area contributed by atoms with Crippen LogP contribution in [0.25, 0.3) is 0 Å². The van der Waals surface area contributed by atoms with Crippen LogP contribution in [-0.2, 0) is 19.7 Å². The van der Waals surface area contributed by atoms with Gasteiger partial charge in [0.15, 0.2) is 5.57 Å². The molecule has 0 aromatic heterocycles. The molecule has 1 aromatic rings. The van der Waals surface area contributed by atoms with Gasteiger partial charge in [0, 0.05) is 18.7 Å². The topological polar surface area (TPSA) is 90.6 Å². The number of carboxylic acids is 1. The van der Waals surface area contributed by atoms with E-state index >= 15 is 0 Å². The van der Waals surface area contributed by atoms with Gasteiger partial charge >= 0.3 is 5.97 Å². The van der Waals surface area contributed by atoms with E-state index < -0.39 is 11.4 Å². The van der Waals surface area contributed by atoms with E-state index in [-0.39, 0.29) is 11.5 Å². The molecule has 124 valence electrons. The second-order valence-corrected chi connectivity index (χ2v) is 6.11. The number of anilines is 1. The van der Waals surface area contributed by atoms with Crippen LogP contribution in [0.5, 0.6) is 0 Å². The molecule has 1 amide bonds. The average molecular weight is 326 g/mol. The molecule has 0 atom stereocenters. The quantitative estimate of drug-likeness (QED) is 0.917. The van der Waals surface area contributed by atoms with Crippen molar-refractivity contribution < 1.29 is 19.4 Å². The molecule has 1 aliphatic heterocycles. The fourth-order valence-electron chi connectivity index (χ4n) is 3.37. The minimum absolute atomic E-state index is 0.0221. The molecule has 3 rings (SSSR count). The molecule has 0 bridgehead atoms. The molecule has 2 aliphatic rings. The Hall–Kier alpha value is -2.81. The van der Waals surface area contributed by atoms with Crippen molar-refractivity contribution in [1.82, 2.24) is 0 Å². The molecular formula is C18H18N2O4. The lowest BCUT2D eigenvalue weighted by Gasteiger charge is -2.38. The zero-order valence-electron chi connectivity index (χ0n) is 13.4. The molecule has 0 saturated heterocycles. The highest BCUT2D eigenvalue weighted by Gasteiger charge is 2.45. The van der Waals surface area contributed by atoms with Crippen molar-refractivity contribution in [3.8, 4) is 6.07 Å². The maximum atomic E-state index is 12.5. The minimum Gasteiger partial charge on any atom is -0.499 e. The first kappa shape index (κ1) is 16.1. The zero-order chi connectivity index (χ0) is 17.3. The first-order valence-electron chi connectivity index (χ1n) is 7.86. The lowest BCUT2D eigenvalue weighted by atomic mass is 9.64. The Bertz CT molecular complexity index is 754. The molecule has 0 radical (unpaired) electrons. The van der Waals surface area contributed by atoms with Crippen LogP contribution in [0.3, 0.4) is 0 Å². The number of carboxylic acid groups (broad SMARTS) is 1. The van der Waals surface area contributed by atoms with Gasteiger partial charge in [0.1, 0.15) is 11.8 Å². The summed E-state index contributed by atoms with van der Waals surface area (Å²) < 4.78 is 5.11. The predicted molar refractivity (Wildman–Crippen MR) is 86.2 cm³/mol. The molecule has 1 saturated carbocycles. The van der Waals surface area contributed by atoms with Gasteiger partial charge in [-0.25, -0.2) is 0 Å².